The van der Waals surface area contributed by atoms with Crippen molar-refractivity contribution in [3.63, 3.8) is 0 Å². The Morgan fingerprint density at radius 3 is 1.74 bits per heavy atom. The molecule has 114 valence electrons. The summed E-state index contributed by atoms with van der Waals surface area (Å²) in [5, 5.41) is 0. The second kappa shape index (κ2) is 11.8. The number of hydrogen-bond acceptors (Lipinski definition) is 2. The minimum absolute atomic E-state index is 0.470. The third-order valence-electron chi connectivity index (χ3n) is 3.46. The van der Waals surface area contributed by atoms with Crippen molar-refractivity contribution < 1.29 is 14.0 Å². The van der Waals surface area contributed by atoms with Gasteiger partial charge < -0.3 is 0 Å². The van der Waals surface area contributed by atoms with E-state index in [2.05, 4.69) is 6.92 Å². The SMILES string of the molecule is CCCCCCCCCCCCC(C)(C)O[P+](=O)O. The maximum atomic E-state index is 10.6. The molecule has 1 atom stereocenters. The van der Waals surface area contributed by atoms with Crippen molar-refractivity contribution in [2.24, 2.45) is 0 Å². The second-order valence-corrected chi connectivity index (χ2v) is 6.68. The minimum atomic E-state index is -2.48. The molecule has 0 aromatic carbocycles. The summed E-state index contributed by atoms with van der Waals surface area (Å²) >= 11 is 0. The van der Waals surface area contributed by atoms with Crippen LogP contribution in [0.3, 0.4) is 0 Å². The van der Waals surface area contributed by atoms with Crippen molar-refractivity contribution in [1.82, 2.24) is 0 Å². The summed E-state index contributed by atoms with van der Waals surface area (Å²) in [6, 6.07) is 0. The summed E-state index contributed by atoms with van der Waals surface area (Å²) in [4.78, 5) is 8.74. The molecular formula is C15H32O3P+. The molecule has 0 fully saturated rings. The van der Waals surface area contributed by atoms with E-state index in [9.17, 15) is 4.57 Å². The summed E-state index contributed by atoms with van der Waals surface area (Å²) in [7, 11) is -2.48. The monoisotopic (exact) mass is 291 g/mol. The lowest BCUT2D eigenvalue weighted by Gasteiger charge is -2.16. The molecule has 0 heterocycles. The molecule has 19 heavy (non-hydrogen) atoms. The van der Waals surface area contributed by atoms with Crippen molar-refractivity contribution >= 4 is 8.25 Å². The van der Waals surface area contributed by atoms with Gasteiger partial charge in [-0.15, -0.1) is 9.42 Å². The van der Waals surface area contributed by atoms with E-state index < -0.39 is 13.9 Å². The molecule has 0 amide bonds. The van der Waals surface area contributed by atoms with E-state index >= 15 is 0 Å². The van der Waals surface area contributed by atoms with Gasteiger partial charge in [0.25, 0.3) is 0 Å². The molecule has 0 rings (SSSR count). The molecule has 4 heteroatoms. The quantitative estimate of drug-likeness (QED) is 0.347. The van der Waals surface area contributed by atoms with Crippen LogP contribution in [0.25, 0.3) is 0 Å². The van der Waals surface area contributed by atoms with Crippen molar-refractivity contribution in [2.45, 2.75) is 97.0 Å². The highest BCUT2D eigenvalue weighted by Gasteiger charge is 2.29. The Bertz CT molecular complexity index is 229. The molecule has 0 aliphatic carbocycles. The van der Waals surface area contributed by atoms with E-state index in [1.54, 1.807) is 0 Å². The molecule has 0 saturated heterocycles. The molecule has 0 saturated carbocycles. The Morgan fingerprint density at radius 1 is 0.895 bits per heavy atom. The van der Waals surface area contributed by atoms with Crippen molar-refractivity contribution in [2.75, 3.05) is 0 Å². The Labute approximate surface area is 120 Å². The van der Waals surface area contributed by atoms with Crippen LogP contribution in [0.15, 0.2) is 0 Å². The fourth-order valence-electron chi connectivity index (χ4n) is 2.30. The van der Waals surface area contributed by atoms with Gasteiger partial charge in [-0.2, -0.15) is 0 Å². The first-order chi connectivity index (χ1) is 8.98. The van der Waals surface area contributed by atoms with Gasteiger partial charge in [-0.1, -0.05) is 71.1 Å². The van der Waals surface area contributed by atoms with E-state index in [1.165, 1.54) is 57.8 Å². The van der Waals surface area contributed by atoms with E-state index in [4.69, 9.17) is 9.42 Å². The molecule has 0 aromatic heterocycles. The van der Waals surface area contributed by atoms with Crippen LogP contribution in [-0.4, -0.2) is 10.5 Å². The molecule has 0 bridgehead atoms. The summed E-state index contributed by atoms with van der Waals surface area (Å²) in [6.45, 7) is 6.01. The van der Waals surface area contributed by atoms with Crippen LogP contribution >= 0.6 is 8.25 Å². The molecule has 0 aromatic rings. The smallest absolute Gasteiger partial charge is 0.133 e. The fourth-order valence-corrected chi connectivity index (χ4v) is 2.81. The van der Waals surface area contributed by atoms with Crippen LogP contribution in [0.2, 0.25) is 0 Å². The van der Waals surface area contributed by atoms with Gasteiger partial charge >= 0.3 is 8.25 Å². The zero-order chi connectivity index (χ0) is 14.6. The predicted octanol–water partition coefficient (Wildman–Crippen LogP) is 5.74. The van der Waals surface area contributed by atoms with E-state index in [0.29, 0.717) is 0 Å². The lowest BCUT2D eigenvalue weighted by molar-refractivity contribution is 0.0910. The van der Waals surface area contributed by atoms with Gasteiger partial charge in [-0.3, -0.25) is 0 Å². The molecule has 0 aliphatic heterocycles. The molecule has 1 unspecified atom stereocenters. The van der Waals surface area contributed by atoms with Gasteiger partial charge in [-0.05, 0) is 20.3 Å². The Kier molecular flexibility index (Phi) is 11.8. The van der Waals surface area contributed by atoms with Crippen molar-refractivity contribution in [3.8, 4) is 0 Å². The lowest BCUT2D eigenvalue weighted by atomic mass is 9.99. The average molecular weight is 291 g/mol. The zero-order valence-corrected chi connectivity index (χ0v) is 13.9. The van der Waals surface area contributed by atoms with Crippen LogP contribution < -0.4 is 0 Å². The number of rotatable bonds is 13. The van der Waals surface area contributed by atoms with Gasteiger partial charge in [0.15, 0.2) is 0 Å². The highest BCUT2D eigenvalue weighted by Crippen LogP contribution is 2.29. The topological polar surface area (TPSA) is 46.5 Å². The van der Waals surface area contributed by atoms with E-state index in [1.807, 2.05) is 13.8 Å². The van der Waals surface area contributed by atoms with Crippen LogP contribution in [0.5, 0.6) is 0 Å². The molecular weight excluding hydrogens is 259 g/mol. The van der Waals surface area contributed by atoms with E-state index in [0.717, 1.165) is 12.8 Å². The Balaban J connectivity index is 3.28. The third-order valence-corrected chi connectivity index (χ3v) is 4.11. The number of hydrogen-bond donors (Lipinski definition) is 1. The second-order valence-electron chi connectivity index (χ2n) is 6.02. The lowest BCUT2D eigenvalue weighted by Crippen LogP contribution is -2.20. The molecule has 0 spiro atoms. The first-order valence-corrected chi connectivity index (χ1v) is 8.96. The van der Waals surface area contributed by atoms with Gasteiger partial charge in [0.05, 0.1) is 0 Å². The molecule has 1 N–H and O–H groups in total. The summed E-state index contributed by atoms with van der Waals surface area (Å²) in [5.74, 6) is 0. The van der Waals surface area contributed by atoms with E-state index in [-0.39, 0.29) is 0 Å². The highest BCUT2D eigenvalue weighted by molar-refractivity contribution is 7.32. The Morgan fingerprint density at radius 2 is 1.32 bits per heavy atom. The zero-order valence-electron chi connectivity index (χ0n) is 13.0. The largest absolute Gasteiger partial charge is 0.695 e. The summed E-state index contributed by atoms with van der Waals surface area (Å²) < 4.78 is 15.6. The van der Waals surface area contributed by atoms with Gasteiger partial charge in [0, 0.05) is 4.57 Å². The standard InChI is InChI=1S/C15H31O3P/c1-4-5-6-7-8-9-10-11-12-13-14-15(2,3)18-19(16)17/h4-14H2,1-3H3/p+1. The van der Waals surface area contributed by atoms with Crippen LogP contribution in [-0.2, 0) is 9.09 Å². The normalized spacial score (nSPS) is 12.7. The molecule has 0 radical (unpaired) electrons. The van der Waals surface area contributed by atoms with Gasteiger partial charge in [-0.25, -0.2) is 0 Å². The first-order valence-electron chi connectivity index (χ1n) is 7.83. The van der Waals surface area contributed by atoms with Crippen LogP contribution in [0, 0.1) is 0 Å². The Hall–Kier alpha value is 0.0200. The van der Waals surface area contributed by atoms with Crippen molar-refractivity contribution in [3.05, 3.63) is 0 Å². The molecule has 0 aliphatic rings. The molecule has 3 nitrogen and oxygen atoms in total. The summed E-state index contributed by atoms with van der Waals surface area (Å²) in [6.07, 6.45) is 13.9. The van der Waals surface area contributed by atoms with Crippen molar-refractivity contribution in [1.29, 1.82) is 0 Å². The maximum absolute atomic E-state index is 10.6. The van der Waals surface area contributed by atoms with Crippen LogP contribution in [0.4, 0.5) is 0 Å². The fraction of sp³-hybridized carbons (Fsp3) is 1.00. The summed E-state index contributed by atoms with van der Waals surface area (Å²) in [5.41, 5.74) is -0.470. The van der Waals surface area contributed by atoms with Gasteiger partial charge in [0.1, 0.15) is 5.60 Å². The van der Waals surface area contributed by atoms with Gasteiger partial charge in [0.2, 0.25) is 0 Å². The third kappa shape index (κ3) is 14.2. The first kappa shape index (κ1) is 19.0. The highest BCUT2D eigenvalue weighted by atomic mass is 31.1. The average Bonchev–Trinajstić information content (AvgIpc) is 2.30. The predicted molar refractivity (Wildman–Crippen MR) is 81.5 cm³/mol. The minimum Gasteiger partial charge on any atom is -0.133 e. The van der Waals surface area contributed by atoms with Crippen LogP contribution in [0.1, 0.15) is 91.4 Å². The number of unbranched alkanes of at least 4 members (excludes halogenated alkanes) is 9. The maximum Gasteiger partial charge on any atom is 0.695 e.